The van der Waals surface area contributed by atoms with Gasteiger partial charge in [-0.25, -0.2) is 4.79 Å². The third-order valence-corrected chi connectivity index (χ3v) is 5.87. The molecule has 1 heterocycles. The number of nitrogens with one attached hydrogen (secondary N) is 1. The molecule has 0 aliphatic carbocycles. The van der Waals surface area contributed by atoms with Crippen molar-refractivity contribution >= 4 is 49.9 Å². The van der Waals surface area contributed by atoms with Gasteiger partial charge in [0.15, 0.2) is 0 Å². The van der Waals surface area contributed by atoms with Crippen molar-refractivity contribution in [3.63, 3.8) is 0 Å². The Balaban J connectivity index is 1.96. The first-order valence-electron chi connectivity index (χ1n) is 9.19. The lowest BCUT2D eigenvalue weighted by Gasteiger charge is -2.37. The Morgan fingerprint density at radius 1 is 1.22 bits per heavy atom. The molecular weight excluding hydrogens is 517 g/mol. The molecule has 3 rings (SSSR count). The minimum Gasteiger partial charge on any atom is -0.373 e. The van der Waals surface area contributed by atoms with Gasteiger partial charge in [0.25, 0.3) is 5.91 Å². The van der Waals surface area contributed by atoms with E-state index in [2.05, 4.69) is 30.9 Å². The summed E-state index contributed by atoms with van der Waals surface area (Å²) in [5.41, 5.74) is -5.51. The second kappa shape index (κ2) is 8.49. The summed E-state index contributed by atoms with van der Waals surface area (Å²) < 4.78 is 47.0. The van der Waals surface area contributed by atoms with Crippen LogP contribution in [-0.4, -0.2) is 27.9 Å². The van der Waals surface area contributed by atoms with Crippen molar-refractivity contribution < 1.29 is 27.6 Å². The fourth-order valence-corrected chi connectivity index (χ4v) is 4.36. The minimum atomic E-state index is -5.28. The lowest BCUT2D eigenvalue weighted by atomic mass is 9.74. The van der Waals surface area contributed by atoms with Crippen LogP contribution in [0.3, 0.4) is 0 Å². The van der Waals surface area contributed by atoms with Crippen LogP contribution in [0, 0.1) is 0 Å². The van der Waals surface area contributed by atoms with E-state index in [1.807, 2.05) is 0 Å². The van der Waals surface area contributed by atoms with Crippen molar-refractivity contribution in [2.45, 2.75) is 37.5 Å². The van der Waals surface area contributed by atoms with E-state index < -0.39 is 35.1 Å². The summed E-state index contributed by atoms with van der Waals surface area (Å²) in [5, 5.41) is 16.6. The van der Waals surface area contributed by atoms with Crippen LogP contribution in [0.5, 0.6) is 0 Å². The van der Waals surface area contributed by atoms with E-state index in [9.17, 15) is 27.9 Å². The van der Waals surface area contributed by atoms with E-state index in [0.29, 0.717) is 10.0 Å². The number of hydrogen-bond acceptors (Lipinski definition) is 5. The van der Waals surface area contributed by atoms with Gasteiger partial charge in [-0.3, -0.25) is 4.79 Å². The molecule has 0 fully saturated rings. The highest BCUT2D eigenvalue weighted by Gasteiger charge is 2.61. The number of carbonyl (C=O) groups is 1. The van der Waals surface area contributed by atoms with E-state index in [4.69, 9.17) is 11.6 Å². The number of anilines is 1. The van der Waals surface area contributed by atoms with Gasteiger partial charge in [0.1, 0.15) is 0 Å². The van der Waals surface area contributed by atoms with Crippen molar-refractivity contribution in [2.24, 2.45) is 0 Å². The Hall–Kier alpha value is -2.43. The van der Waals surface area contributed by atoms with Crippen LogP contribution in [0.4, 0.5) is 18.9 Å². The number of aromatic nitrogens is 1. The molecule has 1 unspecified atom stereocenters. The summed E-state index contributed by atoms with van der Waals surface area (Å²) in [6.07, 6.45) is -5.09. The first-order valence-corrected chi connectivity index (χ1v) is 10.4. The number of amides is 1. The number of rotatable bonds is 5. The largest absolute Gasteiger partial charge is 0.426 e. The average Bonchev–Trinajstić information content (AvgIpc) is 2.66. The van der Waals surface area contributed by atoms with Gasteiger partial charge in [-0.05, 0) is 41.3 Å². The lowest BCUT2D eigenvalue weighted by molar-refractivity contribution is -0.254. The molecule has 1 aromatic heterocycles. The van der Waals surface area contributed by atoms with E-state index >= 15 is 0 Å². The number of nitrogens with zero attached hydrogens (tertiary/aromatic N) is 1. The SMILES string of the molecule is CC(C)(CC(O)(C(=O)Nc1ccc2c(=O)oncc2c1)C(F)(F)F)c1ccc(Br)cc1Cl. The zero-order valence-electron chi connectivity index (χ0n) is 16.8. The van der Waals surface area contributed by atoms with Crippen molar-refractivity contribution in [1.82, 2.24) is 5.16 Å². The molecular formula is C21H17BrClF3N2O4. The van der Waals surface area contributed by atoms with Crippen LogP contribution >= 0.6 is 27.5 Å². The molecule has 1 atom stereocenters. The molecule has 0 aliphatic rings. The highest BCUT2D eigenvalue weighted by atomic mass is 79.9. The molecule has 0 spiro atoms. The molecule has 0 radical (unpaired) electrons. The summed E-state index contributed by atoms with van der Waals surface area (Å²) in [4.78, 5) is 24.3. The smallest absolute Gasteiger partial charge is 0.373 e. The zero-order chi connectivity index (χ0) is 23.9. The maximum Gasteiger partial charge on any atom is 0.426 e. The van der Waals surface area contributed by atoms with E-state index in [1.165, 1.54) is 50.4 Å². The monoisotopic (exact) mass is 532 g/mol. The van der Waals surface area contributed by atoms with Gasteiger partial charge in [0.05, 0.1) is 11.6 Å². The van der Waals surface area contributed by atoms with Crippen LogP contribution in [0.25, 0.3) is 10.8 Å². The Kier molecular flexibility index (Phi) is 6.43. The van der Waals surface area contributed by atoms with E-state index in [0.717, 1.165) is 0 Å². The van der Waals surface area contributed by atoms with Gasteiger partial charge in [0, 0.05) is 27.0 Å². The number of fused-ring (bicyclic) bond motifs is 1. The number of alkyl halides is 3. The number of benzene rings is 2. The van der Waals surface area contributed by atoms with Gasteiger partial charge in [-0.1, -0.05) is 52.6 Å². The van der Waals surface area contributed by atoms with Gasteiger partial charge in [0.2, 0.25) is 5.60 Å². The van der Waals surface area contributed by atoms with Crippen LogP contribution in [0.2, 0.25) is 5.02 Å². The second-order valence-electron chi connectivity index (χ2n) is 7.91. The fraction of sp³-hybridized carbons (Fsp3) is 0.286. The van der Waals surface area contributed by atoms with Crippen LogP contribution in [0.15, 0.2) is 56.4 Å². The third-order valence-electron chi connectivity index (χ3n) is 5.06. The van der Waals surface area contributed by atoms with Crippen molar-refractivity contribution in [3.8, 4) is 0 Å². The van der Waals surface area contributed by atoms with Crippen LogP contribution < -0.4 is 10.9 Å². The molecule has 1 amide bonds. The Morgan fingerprint density at radius 2 is 1.91 bits per heavy atom. The second-order valence-corrected chi connectivity index (χ2v) is 9.24. The number of hydrogen-bond donors (Lipinski definition) is 2. The van der Waals surface area contributed by atoms with E-state index in [1.54, 1.807) is 6.07 Å². The predicted octanol–water partition coefficient (Wildman–Crippen LogP) is 5.20. The molecule has 0 saturated heterocycles. The van der Waals surface area contributed by atoms with Gasteiger partial charge in [-0.2, -0.15) is 13.2 Å². The first-order chi connectivity index (χ1) is 14.7. The molecule has 0 bridgehead atoms. The fourth-order valence-electron chi connectivity index (χ4n) is 3.43. The molecule has 6 nitrogen and oxygen atoms in total. The molecule has 170 valence electrons. The summed E-state index contributed by atoms with van der Waals surface area (Å²) in [6, 6.07) is 8.41. The maximum atomic E-state index is 14.0. The topological polar surface area (TPSA) is 92.4 Å². The molecule has 0 saturated carbocycles. The summed E-state index contributed by atoms with van der Waals surface area (Å²) in [5.74, 6) is -1.67. The summed E-state index contributed by atoms with van der Waals surface area (Å²) >= 11 is 9.43. The lowest BCUT2D eigenvalue weighted by Crippen LogP contribution is -2.57. The maximum absolute atomic E-state index is 14.0. The molecule has 11 heteroatoms. The van der Waals surface area contributed by atoms with Crippen molar-refractivity contribution in [1.29, 1.82) is 0 Å². The molecule has 32 heavy (non-hydrogen) atoms. The van der Waals surface area contributed by atoms with E-state index in [-0.39, 0.29) is 21.5 Å². The normalized spacial score (nSPS) is 14.2. The molecule has 2 aromatic carbocycles. The number of aliphatic hydroxyl groups is 1. The standard InChI is InChI=1S/C21H17BrClF3N2O4/c1-19(2,15-6-3-12(22)8-16(15)23)10-20(31,21(24,25)26)18(30)28-13-4-5-14-11(7-13)9-27-32-17(14)29/h3-9,31H,10H2,1-2H3,(H,28,30). The number of halogens is 5. The average molecular weight is 534 g/mol. The molecule has 3 aromatic rings. The summed E-state index contributed by atoms with van der Waals surface area (Å²) in [7, 11) is 0. The first kappa shape index (κ1) is 24.2. The Bertz CT molecular complexity index is 1250. The Labute approximate surface area is 193 Å². The molecule has 0 aliphatic heterocycles. The van der Waals surface area contributed by atoms with Crippen molar-refractivity contribution in [3.05, 3.63) is 68.1 Å². The Morgan fingerprint density at radius 3 is 2.53 bits per heavy atom. The molecule has 2 N–H and O–H groups in total. The van der Waals surface area contributed by atoms with Gasteiger partial charge < -0.3 is 14.9 Å². The van der Waals surface area contributed by atoms with Crippen LogP contribution in [-0.2, 0) is 10.2 Å². The summed E-state index contributed by atoms with van der Waals surface area (Å²) in [6.45, 7) is 2.90. The third kappa shape index (κ3) is 4.67. The zero-order valence-corrected chi connectivity index (χ0v) is 19.1. The number of carbonyl (C=O) groups excluding carboxylic acids is 1. The van der Waals surface area contributed by atoms with Gasteiger partial charge >= 0.3 is 11.8 Å². The predicted molar refractivity (Wildman–Crippen MR) is 117 cm³/mol. The van der Waals surface area contributed by atoms with Crippen LogP contribution in [0.1, 0.15) is 25.8 Å². The minimum absolute atomic E-state index is 0.0583. The highest BCUT2D eigenvalue weighted by Crippen LogP contribution is 2.44. The quantitative estimate of drug-likeness (QED) is 0.470. The van der Waals surface area contributed by atoms with Gasteiger partial charge in [-0.15, -0.1) is 0 Å². The van der Waals surface area contributed by atoms with Crippen molar-refractivity contribution in [2.75, 3.05) is 5.32 Å². The highest BCUT2D eigenvalue weighted by molar-refractivity contribution is 9.10.